The van der Waals surface area contributed by atoms with Crippen molar-refractivity contribution in [2.45, 2.75) is 38.9 Å². The van der Waals surface area contributed by atoms with E-state index in [1.807, 2.05) is 0 Å². The van der Waals surface area contributed by atoms with Gasteiger partial charge in [-0.2, -0.15) is 0 Å². The highest BCUT2D eigenvalue weighted by Crippen LogP contribution is 2.12. The molecule has 0 aliphatic carbocycles. The average molecular weight is 299 g/mol. The van der Waals surface area contributed by atoms with Gasteiger partial charge in [-0.25, -0.2) is 4.39 Å². The molecular formula is C16H26FNO3. The zero-order valence-electron chi connectivity index (χ0n) is 12.8. The number of aliphatic hydroxyl groups excluding tert-OH is 2. The van der Waals surface area contributed by atoms with Crippen molar-refractivity contribution in [1.82, 2.24) is 5.32 Å². The number of hydrogen-bond donors (Lipinski definition) is 3. The molecule has 0 saturated heterocycles. The molecule has 1 aromatic rings. The first kappa shape index (κ1) is 17.9. The molecule has 0 saturated carbocycles. The molecule has 0 aliphatic heterocycles. The van der Waals surface area contributed by atoms with E-state index in [0.29, 0.717) is 18.8 Å². The van der Waals surface area contributed by atoms with Gasteiger partial charge in [-0.05, 0) is 30.2 Å². The second kappa shape index (κ2) is 9.71. The quantitative estimate of drug-likeness (QED) is 0.618. The van der Waals surface area contributed by atoms with E-state index in [-0.39, 0.29) is 18.3 Å². The van der Waals surface area contributed by atoms with Gasteiger partial charge in [0.1, 0.15) is 24.3 Å². The second-order valence-corrected chi connectivity index (χ2v) is 5.22. The molecule has 2 unspecified atom stereocenters. The lowest BCUT2D eigenvalue weighted by Crippen LogP contribution is -2.38. The van der Waals surface area contributed by atoms with Gasteiger partial charge in [0.05, 0.1) is 6.10 Å². The van der Waals surface area contributed by atoms with Crippen molar-refractivity contribution in [2.75, 3.05) is 19.7 Å². The van der Waals surface area contributed by atoms with E-state index in [1.54, 1.807) is 0 Å². The molecule has 4 nitrogen and oxygen atoms in total. The molecule has 0 aromatic heterocycles. The number of halogens is 1. The number of hydrogen-bond acceptors (Lipinski definition) is 4. The van der Waals surface area contributed by atoms with Crippen LogP contribution in [0.15, 0.2) is 24.3 Å². The zero-order valence-corrected chi connectivity index (χ0v) is 12.8. The molecule has 0 aliphatic rings. The first-order valence-electron chi connectivity index (χ1n) is 7.52. The highest BCUT2D eigenvalue weighted by molar-refractivity contribution is 5.22. The summed E-state index contributed by atoms with van der Waals surface area (Å²) in [5, 5.41) is 22.8. The second-order valence-electron chi connectivity index (χ2n) is 5.22. The van der Waals surface area contributed by atoms with Crippen LogP contribution in [0.3, 0.4) is 0 Å². The van der Waals surface area contributed by atoms with E-state index in [2.05, 4.69) is 19.2 Å². The average Bonchev–Trinajstić information content (AvgIpc) is 2.48. The van der Waals surface area contributed by atoms with Gasteiger partial charge in [0, 0.05) is 13.1 Å². The van der Waals surface area contributed by atoms with Gasteiger partial charge >= 0.3 is 0 Å². The van der Waals surface area contributed by atoms with Crippen LogP contribution in [0.5, 0.6) is 5.75 Å². The Labute approximate surface area is 125 Å². The summed E-state index contributed by atoms with van der Waals surface area (Å²) in [6, 6.07) is 5.66. The fraction of sp³-hybridized carbons (Fsp3) is 0.625. The number of benzene rings is 1. The Morgan fingerprint density at radius 2 is 1.71 bits per heavy atom. The number of nitrogens with one attached hydrogen (secondary N) is 1. The molecule has 21 heavy (non-hydrogen) atoms. The predicted octanol–water partition coefficient (Wildman–Crippen LogP) is 1.95. The van der Waals surface area contributed by atoms with Crippen LogP contribution in [0.2, 0.25) is 0 Å². The van der Waals surface area contributed by atoms with Gasteiger partial charge in [-0.15, -0.1) is 0 Å². The standard InChI is InChI=1S/C16H26FNO3/c1-3-12(4-2)16(20)10-18-9-14(19)11-21-15-7-5-13(17)6-8-15/h5-8,12,14,16,18-20H,3-4,9-11H2,1-2H3. The lowest BCUT2D eigenvalue weighted by Gasteiger charge is -2.21. The Kier molecular flexibility index (Phi) is 8.27. The molecule has 0 radical (unpaired) electrons. The van der Waals surface area contributed by atoms with Crippen molar-refractivity contribution in [1.29, 1.82) is 0 Å². The van der Waals surface area contributed by atoms with Crippen LogP contribution in [0.25, 0.3) is 0 Å². The van der Waals surface area contributed by atoms with Gasteiger partial charge in [0.2, 0.25) is 0 Å². The van der Waals surface area contributed by atoms with Crippen LogP contribution in [0.1, 0.15) is 26.7 Å². The van der Waals surface area contributed by atoms with Crippen molar-refractivity contribution in [3.8, 4) is 5.75 Å². The van der Waals surface area contributed by atoms with Crippen LogP contribution < -0.4 is 10.1 Å². The fourth-order valence-corrected chi connectivity index (χ4v) is 2.18. The highest BCUT2D eigenvalue weighted by Gasteiger charge is 2.15. The molecular weight excluding hydrogens is 273 g/mol. The topological polar surface area (TPSA) is 61.7 Å². The van der Waals surface area contributed by atoms with Crippen molar-refractivity contribution >= 4 is 0 Å². The third-order valence-electron chi connectivity index (χ3n) is 3.58. The van der Waals surface area contributed by atoms with Crippen LogP contribution in [-0.2, 0) is 0 Å². The normalized spacial score (nSPS) is 14.2. The molecule has 1 rings (SSSR count). The van der Waals surface area contributed by atoms with Crippen LogP contribution >= 0.6 is 0 Å². The summed E-state index contributed by atoms with van der Waals surface area (Å²) >= 11 is 0. The molecule has 5 heteroatoms. The Morgan fingerprint density at radius 1 is 1.10 bits per heavy atom. The maximum atomic E-state index is 12.7. The number of aliphatic hydroxyl groups is 2. The minimum Gasteiger partial charge on any atom is -0.491 e. The van der Waals surface area contributed by atoms with Crippen LogP contribution in [0, 0.1) is 11.7 Å². The van der Waals surface area contributed by atoms with Crippen molar-refractivity contribution in [3.05, 3.63) is 30.1 Å². The molecule has 3 N–H and O–H groups in total. The smallest absolute Gasteiger partial charge is 0.123 e. The molecule has 2 atom stereocenters. The molecule has 0 fully saturated rings. The zero-order chi connectivity index (χ0) is 15.7. The Morgan fingerprint density at radius 3 is 2.29 bits per heavy atom. The monoisotopic (exact) mass is 299 g/mol. The van der Waals surface area contributed by atoms with Crippen LogP contribution in [-0.4, -0.2) is 42.1 Å². The summed E-state index contributed by atoms with van der Waals surface area (Å²) in [5.41, 5.74) is 0. The first-order valence-corrected chi connectivity index (χ1v) is 7.52. The van der Waals surface area contributed by atoms with Gasteiger partial charge in [-0.3, -0.25) is 0 Å². The molecule has 120 valence electrons. The van der Waals surface area contributed by atoms with Gasteiger partial charge in [0.25, 0.3) is 0 Å². The minimum absolute atomic E-state index is 0.125. The number of rotatable bonds is 10. The summed E-state index contributed by atoms with van der Waals surface area (Å²) in [5.74, 6) is 0.484. The summed E-state index contributed by atoms with van der Waals surface area (Å²) in [7, 11) is 0. The first-order chi connectivity index (χ1) is 10.1. The largest absolute Gasteiger partial charge is 0.491 e. The van der Waals surface area contributed by atoms with E-state index >= 15 is 0 Å². The summed E-state index contributed by atoms with van der Waals surface area (Å²) < 4.78 is 18.1. The SMILES string of the molecule is CCC(CC)C(O)CNCC(O)COc1ccc(F)cc1. The predicted molar refractivity (Wildman–Crippen MR) is 80.9 cm³/mol. The molecule has 0 spiro atoms. The molecule has 1 aromatic carbocycles. The van der Waals surface area contributed by atoms with E-state index in [1.165, 1.54) is 24.3 Å². The summed E-state index contributed by atoms with van der Waals surface area (Å²) in [4.78, 5) is 0. The van der Waals surface area contributed by atoms with Gasteiger partial charge < -0.3 is 20.3 Å². The number of ether oxygens (including phenoxy) is 1. The van der Waals surface area contributed by atoms with Crippen LogP contribution in [0.4, 0.5) is 4.39 Å². The Bertz CT molecular complexity index is 382. The molecule has 0 heterocycles. The molecule has 0 amide bonds. The lowest BCUT2D eigenvalue weighted by molar-refractivity contribution is 0.0819. The van der Waals surface area contributed by atoms with E-state index < -0.39 is 12.2 Å². The lowest BCUT2D eigenvalue weighted by atomic mass is 9.96. The van der Waals surface area contributed by atoms with Crippen molar-refractivity contribution < 1.29 is 19.3 Å². The summed E-state index contributed by atoms with van der Waals surface area (Å²) in [6.45, 7) is 5.05. The van der Waals surface area contributed by atoms with E-state index in [0.717, 1.165) is 12.8 Å². The summed E-state index contributed by atoms with van der Waals surface area (Å²) in [6.07, 6.45) is 0.805. The maximum absolute atomic E-state index is 12.7. The fourth-order valence-electron chi connectivity index (χ4n) is 2.18. The third-order valence-corrected chi connectivity index (χ3v) is 3.58. The minimum atomic E-state index is -0.677. The van der Waals surface area contributed by atoms with Crippen molar-refractivity contribution in [3.63, 3.8) is 0 Å². The third kappa shape index (κ3) is 6.89. The Balaban J connectivity index is 2.19. The van der Waals surface area contributed by atoms with E-state index in [4.69, 9.17) is 4.74 Å². The van der Waals surface area contributed by atoms with Gasteiger partial charge in [-0.1, -0.05) is 26.7 Å². The van der Waals surface area contributed by atoms with Crippen molar-refractivity contribution in [2.24, 2.45) is 5.92 Å². The highest BCUT2D eigenvalue weighted by atomic mass is 19.1. The maximum Gasteiger partial charge on any atom is 0.123 e. The van der Waals surface area contributed by atoms with Gasteiger partial charge in [0.15, 0.2) is 0 Å². The molecule has 0 bridgehead atoms. The Hall–Kier alpha value is -1.17. The van der Waals surface area contributed by atoms with E-state index in [9.17, 15) is 14.6 Å².